The molecule has 1 N–H and O–H groups in total. The quantitative estimate of drug-likeness (QED) is 0.524. The second kappa shape index (κ2) is 8.02. The Kier molecular flexibility index (Phi) is 7.96. The molecule has 1 atom stereocenters. The number of hydrogen-bond acceptors (Lipinski definition) is 1. The highest BCUT2D eigenvalue weighted by Crippen LogP contribution is 2.06. The Morgan fingerprint density at radius 3 is 2.36 bits per heavy atom. The molecule has 0 aliphatic rings. The summed E-state index contributed by atoms with van der Waals surface area (Å²) in [5, 5.41) is 0. The van der Waals surface area contributed by atoms with Crippen molar-refractivity contribution in [3.63, 3.8) is 0 Å². The van der Waals surface area contributed by atoms with E-state index in [0.29, 0.717) is 0 Å². The first-order chi connectivity index (χ1) is 5.31. The Bertz CT molecular complexity index is 76.0. The van der Waals surface area contributed by atoms with E-state index in [-0.39, 0.29) is 6.23 Å². The number of ether oxygens (including phenoxy) is 1. The maximum Gasteiger partial charge on any atom is 0.120 e. The van der Waals surface area contributed by atoms with Crippen LogP contribution in [0.1, 0.15) is 45.4 Å². The van der Waals surface area contributed by atoms with Crippen LogP contribution in [0.5, 0.6) is 0 Å². The molecule has 0 fully saturated rings. The van der Waals surface area contributed by atoms with Gasteiger partial charge in [-0.05, 0) is 12.8 Å². The molecule has 1 radical (unpaired) electrons. The summed E-state index contributed by atoms with van der Waals surface area (Å²) in [5.74, 6) is 0. The molecular formula is C9H20NO. The van der Waals surface area contributed by atoms with Crippen LogP contribution in [0.2, 0.25) is 0 Å². The van der Waals surface area contributed by atoms with E-state index in [4.69, 9.17) is 10.5 Å². The number of nitrogens with one attached hydrogen (secondary N) is 1. The molecule has 0 rings (SSSR count). The van der Waals surface area contributed by atoms with Gasteiger partial charge in [-0.15, -0.1) is 0 Å². The predicted molar refractivity (Wildman–Crippen MR) is 47.3 cm³/mol. The summed E-state index contributed by atoms with van der Waals surface area (Å²) in [6.45, 7) is 2.21. The van der Waals surface area contributed by atoms with Crippen molar-refractivity contribution < 1.29 is 4.74 Å². The second-order valence-corrected chi connectivity index (χ2v) is 2.93. The molecule has 0 saturated heterocycles. The van der Waals surface area contributed by atoms with Crippen molar-refractivity contribution in [2.24, 2.45) is 0 Å². The van der Waals surface area contributed by atoms with E-state index in [9.17, 15) is 0 Å². The maximum atomic E-state index is 7.28. The minimum absolute atomic E-state index is 0.295. The van der Waals surface area contributed by atoms with Gasteiger partial charge in [0.15, 0.2) is 0 Å². The van der Waals surface area contributed by atoms with Gasteiger partial charge < -0.3 is 4.74 Å². The summed E-state index contributed by atoms with van der Waals surface area (Å²) in [6.07, 6.45) is 6.92. The second-order valence-electron chi connectivity index (χ2n) is 2.93. The van der Waals surface area contributed by atoms with Crippen molar-refractivity contribution in [1.82, 2.24) is 5.73 Å². The van der Waals surface area contributed by atoms with Crippen molar-refractivity contribution in [2.45, 2.75) is 51.7 Å². The predicted octanol–water partition coefficient (Wildman–Crippen LogP) is 2.60. The summed E-state index contributed by atoms with van der Waals surface area (Å²) in [5.41, 5.74) is 7.28. The van der Waals surface area contributed by atoms with Gasteiger partial charge in [0, 0.05) is 7.11 Å². The first-order valence-electron chi connectivity index (χ1n) is 4.55. The van der Waals surface area contributed by atoms with Gasteiger partial charge in [0.2, 0.25) is 0 Å². The van der Waals surface area contributed by atoms with Crippen LogP contribution in [0.4, 0.5) is 0 Å². The monoisotopic (exact) mass is 158 g/mol. The lowest BCUT2D eigenvalue weighted by Gasteiger charge is -2.06. The Labute approximate surface area is 70.1 Å². The fourth-order valence-corrected chi connectivity index (χ4v) is 1.05. The van der Waals surface area contributed by atoms with Crippen LogP contribution in [0.3, 0.4) is 0 Å². The third-order valence-corrected chi connectivity index (χ3v) is 1.85. The fourth-order valence-electron chi connectivity index (χ4n) is 1.05. The topological polar surface area (TPSA) is 33.0 Å². The average molecular weight is 158 g/mol. The first kappa shape index (κ1) is 10.9. The highest BCUT2D eigenvalue weighted by molar-refractivity contribution is 4.48. The molecule has 0 aliphatic carbocycles. The number of rotatable bonds is 7. The summed E-state index contributed by atoms with van der Waals surface area (Å²) in [7, 11) is 1.60. The highest BCUT2D eigenvalue weighted by Gasteiger charge is 1.98. The third-order valence-electron chi connectivity index (χ3n) is 1.85. The Balaban J connectivity index is 2.89. The van der Waals surface area contributed by atoms with E-state index >= 15 is 0 Å². The molecular weight excluding hydrogens is 138 g/mol. The normalized spacial score (nSPS) is 13.4. The summed E-state index contributed by atoms with van der Waals surface area (Å²) < 4.78 is 4.82. The minimum Gasteiger partial charge on any atom is -0.365 e. The SMILES string of the molecule is CCCCCCCC([NH])OC. The molecule has 0 aromatic rings. The number of unbranched alkanes of at least 4 members (excludes halogenated alkanes) is 4. The van der Waals surface area contributed by atoms with E-state index < -0.39 is 0 Å². The van der Waals surface area contributed by atoms with Gasteiger partial charge in [0.25, 0.3) is 0 Å². The number of methoxy groups -OCH3 is 1. The molecule has 0 bridgehead atoms. The lowest BCUT2D eigenvalue weighted by molar-refractivity contribution is 0.0921. The molecule has 2 heteroatoms. The summed E-state index contributed by atoms with van der Waals surface area (Å²) in [6, 6.07) is 0. The van der Waals surface area contributed by atoms with Crippen LogP contribution in [0, 0.1) is 0 Å². The van der Waals surface area contributed by atoms with Crippen molar-refractivity contribution in [3.05, 3.63) is 0 Å². The van der Waals surface area contributed by atoms with Gasteiger partial charge in [-0.3, -0.25) is 0 Å². The van der Waals surface area contributed by atoms with Gasteiger partial charge in [-0.2, -0.15) is 0 Å². The lowest BCUT2D eigenvalue weighted by Crippen LogP contribution is -2.10. The van der Waals surface area contributed by atoms with E-state index in [2.05, 4.69) is 6.92 Å². The molecule has 0 amide bonds. The molecule has 0 aliphatic heterocycles. The molecule has 1 unspecified atom stereocenters. The molecule has 67 valence electrons. The van der Waals surface area contributed by atoms with Gasteiger partial charge >= 0.3 is 0 Å². The van der Waals surface area contributed by atoms with Crippen molar-refractivity contribution in [1.29, 1.82) is 0 Å². The van der Waals surface area contributed by atoms with E-state index in [0.717, 1.165) is 12.8 Å². The largest absolute Gasteiger partial charge is 0.365 e. The third kappa shape index (κ3) is 7.82. The molecule has 0 heterocycles. The minimum atomic E-state index is -0.295. The van der Waals surface area contributed by atoms with E-state index in [1.54, 1.807) is 7.11 Å². The van der Waals surface area contributed by atoms with Crippen molar-refractivity contribution in [2.75, 3.05) is 7.11 Å². The summed E-state index contributed by atoms with van der Waals surface area (Å²) in [4.78, 5) is 0. The Morgan fingerprint density at radius 2 is 1.82 bits per heavy atom. The van der Waals surface area contributed by atoms with Crippen LogP contribution >= 0.6 is 0 Å². The highest BCUT2D eigenvalue weighted by atomic mass is 16.5. The van der Waals surface area contributed by atoms with Crippen LogP contribution in [0.25, 0.3) is 0 Å². The van der Waals surface area contributed by atoms with Gasteiger partial charge in [-0.25, -0.2) is 5.73 Å². The van der Waals surface area contributed by atoms with E-state index in [1.165, 1.54) is 25.7 Å². The van der Waals surface area contributed by atoms with Gasteiger partial charge in [0.05, 0.1) is 0 Å². The lowest BCUT2D eigenvalue weighted by atomic mass is 10.1. The van der Waals surface area contributed by atoms with Crippen molar-refractivity contribution in [3.8, 4) is 0 Å². The van der Waals surface area contributed by atoms with Gasteiger partial charge in [0.1, 0.15) is 6.23 Å². The smallest absolute Gasteiger partial charge is 0.120 e. The average Bonchev–Trinajstić information content (AvgIpc) is 2.04. The molecule has 2 nitrogen and oxygen atoms in total. The number of hydrogen-bond donors (Lipinski definition) is 0. The zero-order chi connectivity index (χ0) is 8.53. The fraction of sp³-hybridized carbons (Fsp3) is 1.00. The Hall–Kier alpha value is -0.0800. The molecule has 0 aromatic carbocycles. The molecule has 0 aromatic heterocycles. The summed E-state index contributed by atoms with van der Waals surface area (Å²) >= 11 is 0. The van der Waals surface area contributed by atoms with Crippen LogP contribution in [0.15, 0.2) is 0 Å². The van der Waals surface area contributed by atoms with Gasteiger partial charge in [-0.1, -0.05) is 32.6 Å². The van der Waals surface area contributed by atoms with Crippen LogP contribution < -0.4 is 5.73 Å². The zero-order valence-electron chi connectivity index (χ0n) is 7.73. The Morgan fingerprint density at radius 1 is 1.18 bits per heavy atom. The molecule has 0 saturated carbocycles. The maximum absolute atomic E-state index is 7.28. The van der Waals surface area contributed by atoms with Crippen LogP contribution in [-0.4, -0.2) is 13.3 Å². The standard InChI is InChI=1S/C9H20NO/c1-3-4-5-6-7-8-9(10)11-2/h9-10H,3-8H2,1-2H3. The molecule has 11 heavy (non-hydrogen) atoms. The van der Waals surface area contributed by atoms with E-state index in [1.807, 2.05) is 0 Å². The zero-order valence-corrected chi connectivity index (χ0v) is 7.73. The van der Waals surface area contributed by atoms with Crippen molar-refractivity contribution >= 4 is 0 Å². The van der Waals surface area contributed by atoms with Crippen LogP contribution in [-0.2, 0) is 4.74 Å². The first-order valence-corrected chi connectivity index (χ1v) is 4.55. The molecule has 0 spiro atoms.